The van der Waals surface area contributed by atoms with Crippen molar-refractivity contribution in [2.75, 3.05) is 48.0 Å². The van der Waals surface area contributed by atoms with E-state index >= 15 is 0 Å². The van der Waals surface area contributed by atoms with Crippen LogP contribution in [-0.2, 0) is 35.9 Å². The molecule has 3 aromatic carbocycles. The molecule has 9 atom stereocenters. The van der Waals surface area contributed by atoms with E-state index in [0.29, 0.717) is 19.3 Å². The van der Waals surface area contributed by atoms with Crippen molar-refractivity contribution in [3.05, 3.63) is 105 Å². The Labute approximate surface area is 385 Å². The van der Waals surface area contributed by atoms with Gasteiger partial charge in [0.1, 0.15) is 18.3 Å². The predicted molar refractivity (Wildman–Crippen MR) is 250 cm³/mol. The zero-order valence-electron chi connectivity index (χ0n) is 39.0. The van der Waals surface area contributed by atoms with E-state index in [1.807, 2.05) is 18.2 Å². The third-order valence-corrected chi connectivity index (χ3v) is 15.9. The molecule has 3 spiro atoms. The molecule has 0 bridgehead atoms. The Morgan fingerprint density at radius 3 is 1.31 bits per heavy atom. The van der Waals surface area contributed by atoms with Crippen LogP contribution >= 0.6 is 0 Å². The number of ether oxygens (including phenoxy) is 6. The molecule has 13 heteroatoms. The summed E-state index contributed by atoms with van der Waals surface area (Å²) in [6.45, 7) is 12.0. The molecule has 345 valence electrons. The van der Waals surface area contributed by atoms with Gasteiger partial charge in [-0.3, -0.25) is 0 Å². The molecule has 6 aliphatic heterocycles. The van der Waals surface area contributed by atoms with Gasteiger partial charge in [-0.15, -0.1) is 0 Å². The molecule has 3 aromatic rings. The maximum Gasteiger partial charge on any atom is 0.166 e. The van der Waals surface area contributed by atoms with E-state index in [4.69, 9.17) is 28.4 Å². The zero-order chi connectivity index (χ0) is 44.7. The second-order valence-corrected chi connectivity index (χ2v) is 19.5. The highest BCUT2D eigenvalue weighted by Gasteiger charge is 2.55. The van der Waals surface area contributed by atoms with Crippen LogP contribution in [0.1, 0.15) is 88.6 Å². The highest BCUT2D eigenvalue weighted by Crippen LogP contribution is 2.59. The number of nitrogens with one attached hydrogen (secondary N) is 2. The molecule has 0 amide bonds. The van der Waals surface area contributed by atoms with Crippen molar-refractivity contribution >= 4 is 8.41 Å². The minimum atomic E-state index is -0.415. The Balaban J connectivity index is 0.000000122. The van der Waals surface area contributed by atoms with Gasteiger partial charge in [0.15, 0.2) is 34.5 Å². The lowest BCUT2D eigenvalue weighted by molar-refractivity contribution is 0.0821. The van der Waals surface area contributed by atoms with Crippen LogP contribution in [0.3, 0.4) is 0 Å². The van der Waals surface area contributed by atoms with E-state index in [1.165, 1.54) is 50.1 Å². The average molecular weight is 887 g/mol. The highest BCUT2D eigenvalue weighted by atomic mass is 16.5. The molecular weight excluding hydrogens is 821 g/mol. The van der Waals surface area contributed by atoms with Gasteiger partial charge in [0, 0.05) is 64.0 Å². The van der Waals surface area contributed by atoms with Gasteiger partial charge >= 0.3 is 0 Å². The van der Waals surface area contributed by atoms with Crippen LogP contribution in [-0.4, -0.2) is 113 Å². The second-order valence-electron chi connectivity index (χ2n) is 19.5. The fraction of sp³-hybridized carbons (Fsp3) is 0.538. The summed E-state index contributed by atoms with van der Waals surface area (Å²) in [5.74, 6) is 5.09. The molecule has 3 aliphatic carbocycles. The van der Waals surface area contributed by atoms with Gasteiger partial charge in [0.05, 0.1) is 55.9 Å². The van der Waals surface area contributed by atoms with Gasteiger partial charge in [-0.1, -0.05) is 36.5 Å². The lowest BCUT2D eigenvalue weighted by Gasteiger charge is -2.35. The molecule has 0 saturated carbocycles. The number of rotatable bonds is 3. The zero-order valence-corrected chi connectivity index (χ0v) is 39.0. The lowest BCUT2D eigenvalue weighted by Crippen LogP contribution is -2.42. The quantitative estimate of drug-likeness (QED) is 0.170. The maximum atomic E-state index is 10.0. The topological polar surface area (TPSA) is 143 Å². The predicted octanol–water partition coefficient (Wildman–Crippen LogP) is 5.41. The first-order valence-electron chi connectivity index (χ1n) is 23.2. The van der Waals surface area contributed by atoms with Gasteiger partial charge in [0.25, 0.3) is 0 Å². The van der Waals surface area contributed by atoms with Crippen LogP contribution in [0.15, 0.2) is 54.7 Å². The molecule has 0 aromatic heterocycles. The summed E-state index contributed by atoms with van der Waals surface area (Å²) < 4.78 is 35.5. The summed E-state index contributed by atoms with van der Waals surface area (Å²) in [4.78, 5) is 2.37. The largest absolute Gasteiger partial charge is 0.493 e. The molecule has 65 heavy (non-hydrogen) atoms. The standard InChI is InChI=1S/C18H23NO3.2C17H21NO3.B/c1-11-8-14(21-3)17-16-13(11)10-19(2)7-6-18(16)5-4-12(20)9-15(18)22-17;2*1-10-7-13(20-2)16-15-12(10)9-18-6-5-17(15)4-3-11(19)8-14(17)21-16;/h4-5,8,12,15,20H,6-7,9-10H2,1-3H3;2*3-4,7,11,14,18-19H,5-6,8-9H2,1-2H3;/t12-,15?,18?;2*11-,14?,17?;/m110./s1. The first-order valence-corrected chi connectivity index (χ1v) is 23.2. The summed E-state index contributed by atoms with van der Waals surface area (Å²) in [5, 5.41) is 37.0. The molecule has 3 radical (unpaired) electrons. The normalized spacial score (nSPS) is 32.4. The van der Waals surface area contributed by atoms with E-state index in [9.17, 15) is 15.3 Å². The van der Waals surface area contributed by atoms with E-state index in [-0.39, 0.29) is 43.0 Å². The Kier molecular flexibility index (Phi) is 12.2. The van der Waals surface area contributed by atoms with E-state index < -0.39 is 18.3 Å². The van der Waals surface area contributed by atoms with Crippen LogP contribution in [0.5, 0.6) is 34.5 Å². The monoisotopic (exact) mass is 886 g/mol. The molecule has 5 N–H and O–H groups in total. The first-order chi connectivity index (χ1) is 30.9. The molecule has 6 unspecified atom stereocenters. The first kappa shape index (κ1) is 45.7. The van der Waals surface area contributed by atoms with Crippen molar-refractivity contribution in [2.24, 2.45) is 0 Å². The molecule has 0 saturated heterocycles. The molecule has 9 aliphatic rings. The Bertz CT molecular complexity index is 2330. The summed E-state index contributed by atoms with van der Waals surface area (Å²) in [7, 11) is 7.25. The van der Waals surface area contributed by atoms with Gasteiger partial charge in [-0.05, 0) is 118 Å². The molecular formula is C52H65BN3O9. The third-order valence-electron chi connectivity index (χ3n) is 15.9. The van der Waals surface area contributed by atoms with Crippen molar-refractivity contribution in [3.63, 3.8) is 0 Å². The number of aliphatic hydroxyl groups is 3. The summed E-state index contributed by atoms with van der Waals surface area (Å²) >= 11 is 0. The number of hydrogen-bond donors (Lipinski definition) is 5. The van der Waals surface area contributed by atoms with Gasteiger partial charge in [0.2, 0.25) is 0 Å². The molecule has 0 fully saturated rings. The smallest absolute Gasteiger partial charge is 0.166 e. The van der Waals surface area contributed by atoms with Gasteiger partial charge in [-0.25, -0.2) is 0 Å². The molecule has 12 nitrogen and oxygen atoms in total. The Hall–Kier alpha value is -4.50. The lowest BCUT2D eigenvalue weighted by atomic mass is 9.68. The van der Waals surface area contributed by atoms with E-state index in [1.54, 1.807) is 21.3 Å². The van der Waals surface area contributed by atoms with Crippen molar-refractivity contribution in [3.8, 4) is 34.5 Å². The Morgan fingerprint density at radius 2 is 0.923 bits per heavy atom. The number of aryl methyl sites for hydroxylation is 3. The number of hydrogen-bond acceptors (Lipinski definition) is 12. The van der Waals surface area contributed by atoms with Crippen LogP contribution in [0, 0.1) is 20.8 Å². The summed E-state index contributed by atoms with van der Waals surface area (Å²) in [6, 6.07) is 6.21. The number of nitrogens with zero attached hydrogens (tertiary/aromatic N) is 1. The minimum Gasteiger partial charge on any atom is -0.493 e. The number of methoxy groups -OCH3 is 3. The van der Waals surface area contributed by atoms with Gasteiger partial charge in [-0.2, -0.15) is 0 Å². The van der Waals surface area contributed by atoms with Gasteiger partial charge < -0.3 is 59.3 Å². The summed E-state index contributed by atoms with van der Waals surface area (Å²) in [5.41, 5.74) is 11.2. The maximum absolute atomic E-state index is 10.0. The summed E-state index contributed by atoms with van der Waals surface area (Å²) in [6.07, 6.45) is 16.0. The number of aliphatic hydroxyl groups excluding tert-OH is 3. The van der Waals surface area contributed by atoms with Crippen LogP contribution in [0.25, 0.3) is 0 Å². The SMILES string of the molecule is COc1cc(C)c2c3c1OC1C[C@@H](O)C=CC31CCNC2.COc1cc(C)c2c3c1OC1C[C@H](O)C=CC31CCN(C)C2.COc1cc(C)c2c3c1OC1C[C@H](O)C=CC31CCNC2.[B]. The third kappa shape index (κ3) is 7.18. The minimum absolute atomic E-state index is 0. The average Bonchev–Trinajstić information content (AvgIpc) is 3.73. The van der Waals surface area contributed by atoms with E-state index in [2.05, 4.69) is 79.8 Å². The van der Waals surface area contributed by atoms with Crippen molar-refractivity contribution in [1.82, 2.24) is 15.5 Å². The fourth-order valence-electron chi connectivity index (χ4n) is 12.5. The van der Waals surface area contributed by atoms with Crippen molar-refractivity contribution in [2.45, 2.75) is 132 Å². The Morgan fingerprint density at radius 1 is 0.569 bits per heavy atom. The second kappa shape index (κ2) is 17.3. The molecule has 12 rings (SSSR count). The highest BCUT2D eigenvalue weighted by molar-refractivity contribution is 5.75. The fourth-order valence-corrected chi connectivity index (χ4v) is 12.5. The van der Waals surface area contributed by atoms with Crippen LogP contribution in [0.2, 0.25) is 0 Å². The number of benzene rings is 3. The van der Waals surface area contributed by atoms with Crippen LogP contribution in [0.4, 0.5) is 0 Å². The van der Waals surface area contributed by atoms with Crippen LogP contribution < -0.4 is 39.1 Å². The van der Waals surface area contributed by atoms with Crippen molar-refractivity contribution < 1.29 is 43.7 Å². The van der Waals surface area contributed by atoms with E-state index in [0.717, 1.165) is 93.0 Å². The van der Waals surface area contributed by atoms with Crippen molar-refractivity contribution in [1.29, 1.82) is 0 Å². The molecule has 6 heterocycles.